The van der Waals surface area contributed by atoms with Gasteiger partial charge in [-0.25, -0.2) is 4.98 Å². The largest absolute Gasteiger partial charge is 0.350 e. The highest BCUT2D eigenvalue weighted by Gasteiger charge is 2.20. The van der Waals surface area contributed by atoms with Gasteiger partial charge in [0.05, 0.1) is 0 Å². The van der Waals surface area contributed by atoms with Gasteiger partial charge in [-0.15, -0.1) is 0 Å². The van der Waals surface area contributed by atoms with Crippen LogP contribution in [0.4, 0.5) is 0 Å². The highest BCUT2D eigenvalue weighted by Crippen LogP contribution is 2.12. The van der Waals surface area contributed by atoms with Gasteiger partial charge >= 0.3 is 0 Å². The standard InChI is InChI=1S/C20H23N3O2/c24-19(21-13-12-16-8-3-1-4-9-16)17-10-7-11-18(22-17)20(25)23-14-5-2-6-15-23/h1,3-4,7-11H,2,5-6,12-15H2,(H,21,24). The maximum Gasteiger partial charge on any atom is 0.272 e. The van der Waals surface area contributed by atoms with Crippen LogP contribution in [0, 0.1) is 0 Å². The number of piperidine rings is 1. The predicted molar refractivity (Wildman–Crippen MR) is 96.5 cm³/mol. The van der Waals surface area contributed by atoms with Crippen LogP contribution in [0.25, 0.3) is 0 Å². The Morgan fingerprint density at radius 2 is 1.64 bits per heavy atom. The molecule has 1 fully saturated rings. The zero-order valence-corrected chi connectivity index (χ0v) is 14.3. The number of hydrogen-bond donors (Lipinski definition) is 1. The first-order chi connectivity index (χ1) is 12.2. The zero-order valence-electron chi connectivity index (χ0n) is 14.3. The van der Waals surface area contributed by atoms with Crippen molar-refractivity contribution in [2.24, 2.45) is 0 Å². The summed E-state index contributed by atoms with van der Waals surface area (Å²) in [6.07, 6.45) is 4.00. The Balaban J connectivity index is 1.58. The van der Waals surface area contributed by atoms with E-state index in [1.165, 1.54) is 12.0 Å². The minimum atomic E-state index is -0.246. The Morgan fingerprint density at radius 3 is 2.40 bits per heavy atom. The number of benzene rings is 1. The van der Waals surface area contributed by atoms with E-state index < -0.39 is 0 Å². The number of aromatic nitrogens is 1. The summed E-state index contributed by atoms with van der Waals surface area (Å²) < 4.78 is 0. The van der Waals surface area contributed by atoms with E-state index in [1.807, 2.05) is 35.2 Å². The second-order valence-corrected chi connectivity index (χ2v) is 6.25. The normalized spacial score (nSPS) is 14.2. The monoisotopic (exact) mass is 337 g/mol. The first kappa shape index (κ1) is 17.1. The van der Waals surface area contributed by atoms with Crippen LogP contribution in [0.15, 0.2) is 48.5 Å². The number of nitrogens with one attached hydrogen (secondary N) is 1. The second-order valence-electron chi connectivity index (χ2n) is 6.25. The maximum atomic E-state index is 12.5. The van der Waals surface area contributed by atoms with Crippen molar-refractivity contribution in [2.75, 3.05) is 19.6 Å². The highest BCUT2D eigenvalue weighted by molar-refractivity contribution is 5.96. The van der Waals surface area contributed by atoms with E-state index in [-0.39, 0.29) is 17.5 Å². The van der Waals surface area contributed by atoms with E-state index in [0.717, 1.165) is 32.4 Å². The average molecular weight is 337 g/mol. The molecule has 1 aliphatic rings. The van der Waals surface area contributed by atoms with E-state index in [9.17, 15) is 9.59 Å². The van der Waals surface area contributed by atoms with Crippen molar-refractivity contribution in [2.45, 2.75) is 25.7 Å². The predicted octanol–water partition coefficient (Wildman–Crippen LogP) is 2.68. The lowest BCUT2D eigenvalue weighted by atomic mass is 10.1. The van der Waals surface area contributed by atoms with E-state index in [2.05, 4.69) is 10.3 Å². The SMILES string of the molecule is O=C(NCCc1ccccc1)c1cccc(C(=O)N2CCCCC2)n1. The zero-order chi connectivity index (χ0) is 17.5. The summed E-state index contributed by atoms with van der Waals surface area (Å²) in [6.45, 7) is 2.08. The van der Waals surface area contributed by atoms with Crippen molar-refractivity contribution >= 4 is 11.8 Å². The molecule has 2 amide bonds. The lowest BCUT2D eigenvalue weighted by Crippen LogP contribution is -2.36. The molecule has 25 heavy (non-hydrogen) atoms. The van der Waals surface area contributed by atoms with Gasteiger partial charge < -0.3 is 10.2 Å². The highest BCUT2D eigenvalue weighted by atomic mass is 16.2. The molecule has 1 saturated heterocycles. The van der Waals surface area contributed by atoms with Crippen molar-refractivity contribution in [1.82, 2.24) is 15.2 Å². The molecule has 0 spiro atoms. The molecule has 0 unspecified atom stereocenters. The molecule has 0 aliphatic carbocycles. The molecule has 0 radical (unpaired) electrons. The maximum absolute atomic E-state index is 12.5. The lowest BCUT2D eigenvalue weighted by molar-refractivity contribution is 0.0718. The first-order valence-corrected chi connectivity index (χ1v) is 8.82. The Labute approximate surface area is 148 Å². The van der Waals surface area contributed by atoms with Crippen LogP contribution < -0.4 is 5.32 Å². The molecule has 2 aromatic rings. The van der Waals surface area contributed by atoms with Gasteiger partial charge in [0.15, 0.2) is 0 Å². The van der Waals surface area contributed by atoms with E-state index in [0.29, 0.717) is 12.2 Å². The fourth-order valence-electron chi connectivity index (χ4n) is 2.99. The molecule has 1 aromatic heterocycles. The first-order valence-electron chi connectivity index (χ1n) is 8.82. The number of amides is 2. The number of pyridine rings is 1. The van der Waals surface area contributed by atoms with Crippen LogP contribution in [0.5, 0.6) is 0 Å². The fourth-order valence-corrected chi connectivity index (χ4v) is 2.99. The number of nitrogens with zero attached hydrogens (tertiary/aromatic N) is 2. The summed E-state index contributed by atoms with van der Waals surface area (Å²) >= 11 is 0. The minimum Gasteiger partial charge on any atom is -0.350 e. The molecule has 2 heterocycles. The van der Waals surface area contributed by atoms with Crippen molar-refractivity contribution in [3.05, 3.63) is 65.5 Å². The van der Waals surface area contributed by atoms with Crippen LogP contribution in [0.2, 0.25) is 0 Å². The molecule has 1 aromatic carbocycles. The van der Waals surface area contributed by atoms with E-state index >= 15 is 0 Å². The molecule has 5 heteroatoms. The van der Waals surface area contributed by atoms with Crippen molar-refractivity contribution in [3.63, 3.8) is 0 Å². The van der Waals surface area contributed by atoms with E-state index in [4.69, 9.17) is 0 Å². The van der Waals surface area contributed by atoms with Gasteiger partial charge in [-0.2, -0.15) is 0 Å². The number of carbonyl (C=O) groups excluding carboxylic acids is 2. The van der Waals surface area contributed by atoms with Gasteiger partial charge in [0, 0.05) is 19.6 Å². The second kappa shape index (κ2) is 8.42. The van der Waals surface area contributed by atoms with Crippen molar-refractivity contribution < 1.29 is 9.59 Å². The Bertz CT molecular complexity index is 725. The van der Waals surface area contributed by atoms with Gasteiger partial charge in [0.25, 0.3) is 11.8 Å². The van der Waals surface area contributed by atoms with Crippen LogP contribution >= 0.6 is 0 Å². The minimum absolute atomic E-state index is 0.0846. The summed E-state index contributed by atoms with van der Waals surface area (Å²) in [7, 11) is 0. The molecule has 0 bridgehead atoms. The molecule has 130 valence electrons. The lowest BCUT2D eigenvalue weighted by Gasteiger charge is -2.26. The molecule has 1 N–H and O–H groups in total. The number of rotatable bonds is 5. The molecule has 0 saturated carbocycles. The summed E-state index contributed by atoms with van der Waals surface area (Å²) in [5, 5.41) is 2.87. The van der Waals surface area contributed by atoms with Gasteiger partial charge in [-0.3, -0.25) is 9.59 Å². The van der Waals surface area contributed by atoms with Gasteiger partial charge in [0.2, 0.25) is 0 Å². The third kappa shape index (κ3) is 4.66. The number of likely N-dealkylation sites (tertiary alicyclic amines) is 1. The molecule has 1 aliphatic heterocycles. The van der Waals surface area contributed by atoms with Crippen LogP contribution in [-0.4, -0.2) is 41.3 Å². The molecular weight excluding hydrogens is 314 g/mol. The van der Waals surface area contributed by atoms with Crippen LogP contribution in [-0.2, 0) is 6.42 Å². The molecular formula is C20H23N3O2. The van der Waals surface area contributed by atoms with Crippen LogP contribution in [0.1, 0.15) is 45.8 Å². The van der Waals surface area contributed by atoms with Gasteiger partial charge in [-0.1, -0.05) is 36.4 Å². The third-order valence-corrected chi connectivity index (χ3v) is 4.39. The summed E-state index contributed by atoms with van der Waals surface area (Å²) in [6, 6.07) is 15.0. The van der Waals surface area contributed by atoms with Crippen LogP contribution in [0.3, 0.4) is 0 Å². The Morgan fingerprint density at radius 1 is 0.920 bits per heavy atom. The average Bonchev–Trinajstić information content (AvgIpc) is 2.69. The quantitative estimate of drug-likeness (QED) is 0.912. The Hall–Kier alpha value is -2.69. The number of hydrogen-bond acceptors (Lipinski definition) is 3. The smallest absolute Gasteiger partial charge is 0.272 e. The summed E-state index contributed by atoms with van der Waals surface area (Å²) in [5.74, 6) is -0.331. The molecule has 0 atom stereocenters. The Kier molecular flexibility index (Phi) is 5.77. The summed E-state index contributed by atoms with van der Waals surface area (Å²) in [4.78, 5) is 30.9. The van der Waals surface area contributed by atoms with Gasteiger partial charge in [-0.05, 0) is 43.4 Å². The van der Waals surface area contributed by atoms with Crippen molar-refractivity contribution in [1.29, 1.82) is 0 Å². The van der Waals surface area contributed by atoms with Gasteiger partial charge in [0.1, 0.15) is 11.4 Å². The molecule has 3 rings (SSSR count). The third-order valence-electron chi connectivity index (χ3n) is 4.39. The number of carbonyl (C=O) groups is 2. The topological polar surface area (TPSA) is 62.3 Å². The van der Waals surface area contributed by atoms with E-state index in [1.54, 1.807) is 18.2 Å². The fraction of sp³-hybridized carbons (Fsp3) is 0.350. The molecule has 5 nitrogen and oxygen atoms in total. The summed E-state index contributed by atoms with van der Waals surface area (Å²) in [5.41, 5.74) is 1.80. The van der Waals surface area contributed by atoms with Crippen molar-refractivity contribution in [3.8, 4) is 0 Å².